The second-order valence-electron chi connectivity index (χ2n) is 4.85. The number of hydrogen-bond donors (Lipinski definition) is 1. The molecule has 1 aliphatic carbocycles. The lowest BCUT2D eigenvalue weighted by atomic mass is 10.00. The number of rotatable bonds is 2. The van der Waals surface area contributed by atoms with Gasteiger partial charge in [-0.15, -0.1) is 0 Å². The molecule has 0 spiro atoms. The average Bonchev–Trinajstić information content (AvgIpc) is 3.23. The number of aromatic amines is 1. The second kappa shape index (κ2) is 4.47. The number of H-pyrrole nitrogens is 1. The molecule has 1 N–H and O–H groups in total. The van der Waals surface area contributed by atoms with E-state index in [2.05, 4.69) is 10.2 Å². The number of aromatic nitrogens is 2. The lowest BCUT2D eigenvalue weighted by Crippen LogP contribution is -2.15. The Kier molecular flexibility index (Phi) is 2.88. The van der Waals surface area contributed by atoms with Gasteiger partial charge in [-0.25, -0.2) is 5.10 Å². The summed E-state index contributed by atoms with van der Waals surface area (Å²) in [5.41, 5.74) is -0.846. The van der Waals surface area contributed by atoms with Gasteiger partial charge in [-0.2, -0.15) is 18.3 Å². The Morgan fingerprint density at radius 1 is 1.15 bits per heavy atom. The first-order chi connectivity index (χ1) is 9.47. The zero-order valence-corrected chi connectivity index (χ0v) is 10.4. The normalized spacial score (nSPS) is 15.3. The Labute approximate surface area is 112 Å². The van der Waals surface area contributed by atoms with Crippen LogP contribution in [0, 0.1) is 0 Å². The monoisotopic (exact) mass is 280 g/mol. The molecular weight excluding hydrogens is 269 g/mol. The molecule has 1 aromatic carbocycles. The van der Waals surface area contributed by atoms with Crippen molar-refractivity contribution in [3.8, 4) is 11.1 Å². The summed E-state index contributed by atoms with van der Waals surface area (Å²) in [5.74, 6) is 0.253. The van der Waals surface area contributed by atoms with E-state index in [-0.39, 0.29) is 17.0 Å². The number of nitrogens with zero attached hydrogens (tertiary/aromatic N) is 1. The molecule has 0 bridgehead atoms. The van der Waals surface area contributed by atoms with Crippen LogP contribution in [0.15, 0.2) is 35.1 Å². The van der Waals surface area contributed by atoms with Crippen molar-refractivity contribution in [3.63, 3.8) is 0 Å². The Balaban J connectivity index is 2.18. The fourth-order valence-electron chi connectivity index (χ4n) is 2.17. The van der Waals surface area contributed by atoms with Gasteiger partial charge < -0.3 is 0 Å². The highest BCUT2D eigenvalue weighted by atomic mass is 19.4. The van der Waals surface area contributed by atoms with Crippen molar-refractivity contribution in [2.75, 3.05) is 0 Å². The molecule has 0 radical (unpaired) electrons. The number of hydrogen-bond acceptors (Lipinski definition) is 2. The molecule has 0 aliphatic heterocycles. The molecule has 1 heterocycles. The summed E-state index contributed by atoms with van der Waals surface area (Å²) in [6, 6.07) is 6.56. The highest BCUT2D eigenvalue weighted by Gasteiger charge is 2.34. The van der Waals surface area contributed by atoms with Crippen LogP contribution in [0.1, 0.15) is 30.0 Å². The van der Waals surface area contributed by atoms with Crippen molar-refractivity contribution in [2.45, 2.75) is 24.9 Å². The number of halogens is 3. The summed E-state index contributed by atoms with van der Waals surface area (Å²) >= 11 is 0. The Bertz CT molecular complexity index is 702. The maximum absolute atomic E-state index is 13.0. The molecular formula is C14H11F3N2O. The maximum atomic E-state index is 13.0. The van der Waals surface area contributed by atoms with Gasteiger partial charge in [-0.1, -0.05) is 18.2 Å². The Morgan fingerprint density at radius 2 is 1.85 bits per heavy atom. The predicted molar refractivity (Wildman–Crippen MR) is 67.3 cm³/mol. The first kappa shape index (κ1) is 12.9. The molecule has 3 nitrogen and oxygen atoms in total. The van der Waals surface area contributed by atoms with E-state index in [1.807, 2.05) is 0 Å². The van der Waals surface area contributed by atoms with Crippen LogP contribution in [-0.2, 0) is 6.18 Å². The lowest BCUT2D eigenvalue weighted by Gasteiger charge is -2.12. The zero-order valence-electron chi connectivity index (χ0n) is 10.4. The first-order valence-corrected chi connectivity index (χ1v) is 6.23. The van der Waals surface area contributed by atoms with Gasteiger partial charge in [0, 0.05) is 5.92 Å². The molecule has 6 heteroatoms. The van der Waals surface area contributed by atoms with Crippen LogP contribution >= 0.6 is 0 Å². The summed E-state index contributed by atoms with van der Waals surface area (Å²) < 4.78 is 39.0. The molecule has 0 atom stereocenters. The third-order valence-electron chi connectivity index (χ3n) is 3.34. The molecule has 20 heavy (non-hydrogen) atoms. The molecule has 0 amide bonds. The molecule has 3 rings (SSSR count). The third kappa shape index (κ3) is 2.33. The van der Waals surface area contributed by atoms with E-state index >= 15 is 0 Å². The Hall–Kier alpha value is -2.11. The second-order valence-corrected chi connectivity index (χ2v) is 4.85. The summed E-state index contributed by atoms with van der Waals surface area (Å²) in [6.45, 7) is 0. The molecule has 2 aromatic rings. The smallest absolute Gasteiger partial charge is 0.267 e. The van der Waals surface area contributed by atoms with Crippen molar-refractivity contribution < 1.29 is 13.2 Å². The van der Waals surface area contributed by atoms with Crippen LogP contribution in [0.5, 0.6) is 0 Å². The van der Waals surface area contributed by atoms with Gasteiger partial charge in [0.15, 0.2) is 0 Å². The molecule has 1 saturated carbocycles. The minimum atomic E-state index is -4.49. The lowest BCUT2D eigenvalue weighted by molar-refractivity contribution is -0.137. The van der Waals surface area contributed by atoms with E-state index in [9.17, 15) is 18.0 Å². The summed E-state index contributed by atoms with van der Waals surface area (Å²) in [7, 11) is 0. The van der Waals surface area contributed by atoms with Gasteiger partial charge in [0.25, 0.3) is 5.56 Å². The van der Waals surface area contributed by atoms with Crippen molar-refractivity contribution in [1.82, 2.24) is 10.2 Å². The molecule has 1 aromatic heterocycles. The molecule has 0 unspecified atom stereocenters. The van der Waals surface area contributed by atoms with Gasteiger partial charge in [0.05, 0.1) is 16.8 Å². The predicted octanol–water partition coefficient (Wildman–Crippen LogP) is 3.33. The molecule has 0 saturated heterocycles. The van der Waals surface area contributed by atoms with Gasteiger partial charge >= 0.3 is 6.18 Å². The fourth-order valence-corrected chi connectivity index (χ4v) is 2.17. The van der Waals surface area contributed by atoms with Crippen molar-refractivity contribution in [2.24, 2.45) is 0 Å². The van der Waals surface area contributed by atoms with Crippen molar-refractivity contribution >= 4 is 0 Å². The van der Waals surface area contributed by atoms with Crippen molar-refractivity contribution in [1.29, 1.82) is 0 Å². The van der Waals surface area contributed by atoms with Gasteiger partial charge in [0.2, 0.25) is 0 Å². The van der Waals surface area contributed by atoms with Crippen molar-refractivity contribution in [3.05, 3.63) is 51.9 Å². The quantitative estimate of drug-likeness (QED) is 0.917. The van der Waals surface area contributed by atoms with Crippen LogP contribution in [0.4, 0.5) is 13.2 Å². The van der Waals surface area contributed by atoms with E-state index in [1.54, 1.807) is 0 Å². The van der Waals surface area contributed by atoms with E-state index < -0.39 is 17.3 Å². The van der Waals surface area contributed by atoms with E-state index in [1.165, 1.54) is 24.3 Å². The standard InChI is InChI=1S/C14H11F3N2O/c15-14(16,17)11-4-2-1-3-9(11)10-7-12(8-5-6-8)18-19-13(10)20/h1-4,7-8H,5-6H2,(H,19,20). The molecule has 1 aliphatic rings. The number of nitrogens with one attached hydrogen (secondary N) is 1. The van der Waals surface area contributed by atoms with Crippen LogP contribution in [0.2, 0.25) is 0 Å². The summed E-state index contributed by atoms with van der Waals surface area (Å²) in [4.78, 5) is 11.8. The highest BCUT2D eigenvalue weighted by Crippen LogP contribution is 2.40. The summed E-state index contributed by atoms with van der Waals surface area (Å²) in [6.07, 6.45) is -2.58. The van der Waals surface area contributed by atoms with Gasteiger partial charge in [-0.3, -0.25) is 4.79 Å². The van der Waals surface area contributed by atoms with Crippen LogP contribution in [-0.4, -0.2) is 10.2 Å². The summed E-state index contributed by atoms with van der Waals surface area (Å²) in [5, 5.41) is 6.19. The highest BCUT2D eigenvalue weighted by molar-refractivity contribution is 5.67. The average molecular weight is 280 g/mol. The number of benzene rings is 1. The molecule has 1 fully saturated rings. The van der Waals surface area contributed by atoms with Gasteiger partial charge in [0.1, 0.15) is 0 Å². The zero-order chi connectivity index (χ0) is 14.3. The molecule has 104 valence electrons. The first-order valence-electron chi connectivity index (χ1n) is 6.23. The van der Waals surface area contributed by atoms with Crippen LogP contribution in [0.25, 0.3) is 11.1 Å². The minimum absolute atomic E-state index is 0.0230. The van der Waals surface area contributed by atoms with Crippen LogP contribution < -0.4 is 5.56 Å². The Morgan fingerprint density at radius 3 is 2.50 bits per heavy atom. The van der Waals surface area contributed by atoms with Crippen LogP contribution in [0.3, 0.4) is 0 Å². The SMILES string of the molecule is O=c1[nH]nc(C2CC2)cc1-c1ccccc1C(F)(F)F. The third-order valence-corrected chi connectivity index (χ3v) is 3.34. The van der Waals surface area contributed by atoms with E-state index in [0.717, 1.165) is 18.9 Å². The minimum Gasteiger partial charge on any atom is -0.267 e. The topological polar surface area (TPSA) is 45.8 Å². The largest absolute Gasteiger partial charge is 0.417 e. The maximum Gasteiger partial charge on any atom is 0.417 e. The fraction of sp³-hybridized carbons (Fsp3) is 0.286. The van der Waals surface area contributed by atoms with E-state index in [4.69, 9.17) is 0 Å². The number of alkyl halides is 3. The van der Waals surface area contributed by atoms with Gasteiger partial charge in [-0.05, 0) is 30.5 Å². The van der Waals surface area contributed by atoms with E-state index in [0.29, 0.717) is 5.69 Å².